The molecular formula is C8H5ClF6N2OS. The average Bonchev–Trinajstić information content (AvgIpc) is 2.60. The van der Waals surface area contributed by atoms with Crippen molar-refractivity contribution in [3.05, 3.63) is 11.1 Å². The molecule has 0 bridgehead atoms. The highest BCUT2D eigenvalue weighted by molar-refractivity contribution is 7.13. The van der Waals surface area contributed by atoms with Crippen LogP contribution >= 0.6 is 22.9 Å². The number of anilines is 1. The average molecular weight is 327 g/mol. The molecule has 1 aromatic heterocycles. The van der Waals surface area contributed by atoms with Crippen LogP contribution in [0.1, 0.15) is 5.69 Å². The van der Waals surface area contributed by atoms with E-state index in [2.05, 4.69) is 4.98 Å². The molecular weight excluding hydrogens is 322 g/mol. The van der Waals surface area contributed by atoms with Gasteiger partial charge in [-0.05, 0) is 0 Å². The first-order valence-corrected chi connectivity index (χ1v) is 5.91. The topological polar surface area (TPSA) is 42.0 Å². The van der Waals surface area contributed by atoms with E-state index >= 15 is 0 Å². The zero-order chi connectivity index (χ0) is 14.8. The maximum Gasteiger partial charge on any atom is 0.409 e. The van der Waals surface area contributed by atoms with Gasteiger partial charge in [-0.3, -0.25) is 4.79 Å². The lowest BCUT2D eigenvalue weighted by Crippen LogP contribution is -2.45. The minimum Gasteiger partial charge on any atom is -0.301 e. The van der Waals surface area contributed by atoms with Crippen LogP contribution in [-0.4, -0.2) is 23.2 Å². The summed E-state index contributed by atoms with van der Waals surface area (Å²) in [7, 11) is 0. The van der Waals surface area contributed by atoms with Crippen LogP contribution in [0.25, 0.3) is 0 Å². The smallest absolute Gasteiger partial charge is 0.301 e. The van der Waals surface area contributed by atoms with Gasteiger partial charge in [0.1, 0.15) is 0 Å². The summed E-state index contributed by atoms with van der Waals surface area (Å²) in [5.74, 6) is -6.40. The predicted molar refractivity (Wildman–Crippen MR) is 55.9 cm³/mol. The lowest BCUT2D eigenvalue weighted by atomic mass is 10.1. The number of hydrogen-bond donors (Lipinski definition) is 1. The number of nitrogens with zero attached hydrogens (tertiary/aromatic N) is 1. The second-order valence-corrected chi connectivity index (χ2v) is 4.41. The Balaban J connectivity index is 2.90. The van der Waals surface area contributed by atoms with Crippen molar-refractivity contribution in [3.8, 4) is 0 Å². The first kappa shape index (κ1) is 16.0. The van der Waals surface area contributed by atoms with E-state index in [-0.39, 0.29) is 16.7 Å². The van der Waals surface area contributed by atoms with Gasteiger partial charge in [0.2, 0.25) is 11.8 Å². The van der Waals surface area contributed by atoms with Gasteiger partial charge in [0.25, 0.3) is 0 Å². The molecule has 1 amide bonds. The number of halogens is 7. The number of rotatable bonds is 3. The van der Waals surface area contributed by atoms with Gasteiger partial charge >= 0.3 is 12.4 Å². The fourth-order valence-corrected chi connectivity index (χ4v) is 2.03. The number of carbonyl (C=O) groups excluding carboxylic acids is 1. The Kier molecular flexibility index (Phi) is 4.67. The first-order valence-electron chi connectivity index (χ1n) is 4.50. The molecule has 0 spiro atoms. The fraction of sp³-hybridized carbons (Fsp3) is 0.500. The van der Waals surface area contributed by atoms with Crippen molar-refractivity contribution in [2.24, 2.45) is 5.92 Å². The normalized spacial score (nSPS) is 12.8. The zero-order valence-corrected chi connectivity index (χ0v) is 10.3. The molecule has 19 heavy (non-hydrogen) atoms. The van der Waals surface area contributed by atoms with Gasteiger partial charge in [0, 0.05) is 5.38 Å². The molecule has 0 unspecified atom stereocenters. The van der Waals surface area contributed by atoms with Crippen molar-refractivity contribution in [1.29, 1.82) is 0 Å². The van der Waals surface area contributed by atoms with E-state index in [9.17, 15) is 31.1 Å². The maximum atomic E-state index is 12.2. The van der Waals surface area contributed by atoms with Crippen LogP contribution in [0.5, 0.6) is 0 Å². The van der Waals surface area contributed by atoms with Crippen molar-refractivity contribution >= 4 is 34.0 Å². The third-order valence-corrected chi connectivity index (χ3v) is 2.92. The molecule has 1 aromatic rings. The SMILES string of the molecule is O=C(Nc1nc(CCl)cs1)C(C(F)(F)F)C(F)(F)F. The standard InChI is InChI=1S/C8H5ClF6N2OS/c9-1-3-2-19-6(16-3)17-5(18)4(7(10,11)12)8(13,14)15/h2,4H,1H2,(H,16,17,18). The Morgan fingerprint density at radius 3 is 2.21 bits per heavy atom. The van der Waals surface area contributed by atoms with E-state index in [4.69, 9.17) is 11.6 Å². The molecule has 108 valence electrons. The number of thiazole rings is 1. The molecule has 1 N–H and O–H groups in total. The highest BCUT2D eigenvalue weighted by atomic mass is 35.5. The molecule has 1 rings (SSSR count). The van der Waals surface area contributed by atoms with Gasteiger partial charge in [0.05, 0.1) is 11.6 Å². The Bertz CT molecular complexity index is 443. The number of alkyl halides is 7. The third kappa shape index (κ3) is 4.23. The highest BCUT2D eigenvalue weighted by Crippen LogP contribution is 2.40. The number of nitrogens with one attached hydrogen (secondary N) is 1. The fourth-order valence-electron chi connectivity index (χ4n) is 1.09. The first-order chi connectivity index (χ1) is 8.55. The summed E-state index contributed by atoms with van der Waals surface area (Å²) in [6.07, 6.45) is -11.5. The molecule has 0 saturated heterocycles. The summed E-state index contributed by atoms with van der Waals surface area (Å²) in [6, 6.07) is 0. The van der Waals surface area contributed by atoms with Gasteiger partial charge < -0.3 is 5.32 Å². The molecule has 3 nitrogen and oxygen atoms in total. The largest absolute Gasteiger partial charge is 0.409 e. The lowest BCUT2D eigenvalue weighted by molar-refractivity contribution is -0.272. The Morgan fingerprint density at radius 2 is 1.84 bits per heavy atom. The molecule has 0 aliphatic rings. The van der Waals surface area contributed by atoms with Crippen LogP contribution in [0.15, 0.2) is 5.38 Å². The Labute approximate surface area is 111 Å². The van der Waals surface area contributed by atoms with Crippen LogP contribution < -0.4 is 5.32 Å². The number of carbonyl (C=O) groups is 1. The van der Waals surface area contributed by atoms with Gasteiger partial charge in [-0.15, -0.1) is 22.9 Å². The second kappa shape index (κ2) is 5.53. The monoisotopic (exact) mass is 326 g/mol. The van der Waals surface area contributed by atoms with Crippen LogP contribution in [0.4, 0.5) is 31.5 Å². The van der Waals surface area contributed by atoms with E-state index in [1.807, 2.05) is 0 Å². The van der Waals surface area contributed by atoms with E-state index in [0.717, 1.165) is 0 Å². The molecule has 0 saturated carbocycles. The van der Waals surface area contributed by atoms with Crippen molar-refractivity contribution in [2.45, 2.75) is 18.2 Å². The summed E-state index contributed by atoms with van der Waals surface area (Å²) in [4.78, 5) is 14.6. The van der Waals surface area contributed by atoms with Gasteiger partial charge in [-0.1, -0.05) is 0 Å². The van der Waals surface area contributed by atoms with Crippen LogP contribution in [-0.2, 0) is 10.7 Å². The maximum absolute atomic E-state index is 12.2. The minimum absolute atomic E-state index is 0.0751. The molecule has 1 heterocycles. The van der Waals surface area contributed by atoms with Gasteiger partial charge in [-0.2, -0.15) is 26.3 Å². The van der Waals surface area contributed by atoms with Gasteiger partial charge in [0.15, 0.2) is 5.13 Å². The Morgan fingerprint density at radius 1 is 1.32 bits per heavy atom. The van der Waals surface area contributed by atoms with E-state index in [1.165, 1.54) is 10.7 Å². The van der Waals surface area contributed by atoms with E-state index in [0.29, 0.717) is 11.3 Å². The molecule has 0 radical (unpaired) electrons. The lowest BCUT2D eigenvalue weighted by Gasteiger charge is -2.21. The second-order valence-electron chi connectivity index (χ2n) is 3.28. The molecule has 0 fully saturated rings. The summed E-state index contributed by atoms with van der Waals surface area (Å²) in [5, 5.41) is 2.41. The summed E-state index contributed by atoms with van der Waals surface area (Å²) < 4.78 is 73.3. The third-order valence-electron chi connectivity index (χ3n) is 1.84. The van der Waals surface area contributed by atoms with E-state index < -0.39 is 24.2 Å². The van der Waals surface area contributed by atoms with Crippen molar-refractivity contribution < 1.29 is 31.1 Å². The van der Waals surface area contributed by atoms with Gasteiger partial charge in [-0.25, -0.2) is 4.98 Å². The minimum atomic E-state index is -5.73. The van der Waals surface area contributed by atoms with Crippen LogP contribution in [0, 0.1) is 5.92 Å². The number of hydrogen-bond acceptors (Lipinski definition) is 3. The van der Waals surface area contributed by atoms with Crippen LogP contribution in [0.2, 0.25) is 0 Å². The van der Waals surface area contributed by atoms with Crippen LogP contribution in [0.3, 0.4) is 0 Å². The summed E-state index contributed by atoms with van der Waals surface area (Å²) >= 11 is 6.03. The predicted octanol–water partition coefficient (Wildman–Crippen LogP) is 3.56. The van der Waals surface area contributed by atoms with Crippen molar-refractivity contribution in [3.63, 3.8) is 0 Å². The van der Waals surface area contributed by atoms with Crippen molar-refractivity contribution in [1.82, 2.24) is 4.98 Å². The highest BCUT2D eigenvalue weighted by Gasteiger charge is 2.61. The molecule has 0 aromatic carbocycles. The molecule has 0 aliphatic carbocycles. The molecule has 0 atom stereocenters. The molecule has 11 heteroatoms. The zero-order valence-electron chi connectivity index (χ0n) is 8.77. The number of aromatic nitrogens is 1. The number of amides is 1. The van der Waals surface area contributed by atoms with Crippen molar-refractivity contribution in [2.75, 3.05) is 5.32 Å². The summed E-state index contributed by atoms with van der Waals surface area (Å²) in [5.41, 5.74) is 0.234. The summed E-state index contributed by atoms with van der Waals surface area (Å²) in [6.45, 7) is 0. The quantitative estimate of drug-likeness (QED) is 0.681. The Hall–Kier alpha value is -1.03. The molecule has 0 aliphatic heterocycles. The van der Waals surface area contributed by atoms with E-state index in [1.54, 1.807) is 0 Å².